The fourth-order valence-corrected chi connectivity index (χ4v) is 5.32. The highest BCUT2D eigenvalue weighted by molar-refractivity contribution is 5.84. The molecule has 3 fully saturated rings. The number of aromatic nitrogens is 4. The van der Waals surface area contributed by atoms with Gasteiger partial charge in [0.2, 0.25) is 0 Å². The number of halogens is 3. The van der Waals surface area contributed by atoms with E-state index in [4.69, 9.17) is 9.84 Å². The van der Waals surface area contributed by atoms with E-state index in [9.17, 15) is 13.2 Å². The largest absolute Gasteiger partial charge is 0.418 e. The number of nitrogens with one attached hydrogen (secondary N) is 1. The van der Waals surface area contributed by atoms with Crippen LogP contribution in [-0.2, 0) is 10.9 Å². The number of ether oxygens (including phenoxy) is 1. The maximum Gasteiger partial charge on any atom is 0.418 e. The van der Waals surface area contributed by atoms with Gasteiger partial charge in [0.25, 0.3) is 0 Å². The number of piperidine rings is 1. The summed E-state index contributed by atoms with van der Waals surface area (Å²) in [5.74, 6) is 1.73. The molecule has 6 rings (SSSR count). The van der Waals surface area contributed by atoms with Crippen LogP contribution in [0.1, 0.15) is 37.1 Å². The zero-order valence-corrected chi connectivity index (χ0v) is 17.4. The zero-order valence-electron chi connectivity index (χ0n) is 17.4. The Labute approximate surface area is 177 Å². The Kier molecular flexibility index (Phi) is 4.08. The van der Waals surface area contributed by atoms with Gasteiger partial charge in [-0.15, -0.1) is 0 Å². The number of alkyl halides is 3. The molecule has 0 amide bonds. The summed E-state index contributed by atoms with van der Waals surface area (Å²) in [6.07, 6.45) is -1.85. The molecule has 0 aromatic carbocycles. The van der Waals surface area contributed by atoms with Gasteiger partial charge in [0.1, 0.15) is 5.65 Å². The van der Waals surface area contributed by atoms with E-state index in [0.29, 0.717) is 35.1 Å². The Morgan fingerprint density at radius 2 is 1.90 bits per heavy atom. The normalized spacial score (nSPS) is 26.6. The lowest BCUT2D eigenvalue weighted by molar-refractivity contribution is -0.136. The molecule has 3 atom stereocenters. The van der Waals surface area contributed by atoms with Gasteiger partial charge in [0.15, 0.2) is 0 Å². The summed E-state index contributed by atoms with van der Waals surface area (Å²) >= 11 is 0. The second-order valence-corrected chi connectivity index (χ2v) is 9.31. The fraction of sp³-hybridized carbons (Fsp3) is 0.545. The van der Waals surface area contributed by atoms with Crippen molar-refractivity contribution in [2.45, 2.75) is 38.0 Å². The first-order valence-electron chi connectivity index (χ1n) is 10.8. The van der Waals surface area contributed by atoms with Crippen LogP contribution in [0.4, 0.5) is 13.2 Å². The van der Waals surface area contributed by atoms with Gasteiger partial charge < -0.3 is 9.72 Å². The quantitative estimate of drug-likeness (QED) is 0.677. The molecule has 1 N–H and O–H groups in total. The topological polar surface area (TPSA) is 59.0 Å². The first kappa shape index (κ1) is 19.3. The molecule has 0 radical (unpaired) electrons. The van der Waals surface area contributed by atoms with Gasteiger partial charge in [-0.2, -0.15) is 18.3 Å². The molecule has 3 aromatic rings. The molecule has 5 heterocycles. The summed E-state index contributed by atoms with van der Waals surface area (Å²) in [6, 6.07) is 4.35. The summed E-state index contributed by atoms with van der Waals surface area (Å²) in [5.41, 5.74) is 2.02. The molecule has 2 aliphatic heterocycles. The van der Waals surface area contributed by atoms with Crippen molar-refractivity contribution in [2.24, 2.45) is 11.8 Å². The van der Waals surface area contributed by atoms with Gasteiger partial charge in [0.05, 0.1) is 30.5 Å². The van der Waals surface area contributed by atoms with Crippen LogP contribution in [0.25, 0.3) is 22.3 Å². The number of pyridine rings is 1. The van der Waals surface area contributed by atoms with Crippen LogP contribution in [0.15, 0.2) is 24.5 Å². The van der Waals surface area contributed by atoms with Crippen molar-refractivity contribution >= 4 is 11.0 Å². The van der Waals surface area contributed by atoms with E-state index >= 15 is 0 Å². The third-order valence-corrected chi connectivity index (χ3v) is 7.09. The highest BCUT2D eigenvalue weighted by atomic mass is 19.4. The number of H-pyrrole nitrogens is 1. The average molecular weight is 431 g/mol. The van der Waals surface area contributed by atoms with E-state index in [2.05, 4.69) is 34.8 Å². The summed E-state index contributed by atoms with van der Waals surface area (Å²) in [5, 5.41) is 4.86. The predicted octanol–water partition coefficient (Wildman–Crippen LogP) is 4.07. The van der Waals surface area contributed by atoms with Crippen molar-refractivity contribution in [1.82, 2.24) is 24.6 Å². The van der Waals surface area contributed by atoms with E-state index in [1.807, 2.05) is 4.68 Å². The van der Waals surface area contributed by atoms with Crippen LogP contribution in [0.2, 0.25) is 0 Å². The summed E-state index contributed by atoms with van der Waals surface area (Å²) in [7, 11) is 0. The van der Waals surface area contributed by atoms with Crippen LogP contribution in [0, 0.1) is 11.8 Å². The van der Waals surface area contributed by atoms with Crippen LogP contribution in [-0.4, -0.2) is 57.0 Å². The molecule has 6 nitrogen and oxygen atoms in total. The number of hydrogen-bond acceptors (Lipinski definition) is 4. The molecule has 0 unspecified atom stereocenters. The van der Waals surface area contributed by atoms with E-state index in [-0.39, 0.29) is 17.1 Å². The summed E-state index contributed by atoms with van der Waals surface area (Å²) in [4.78, 5) is 9.37. The summed E-state index contributed by atoms with van der Waals surface area (Å²) < 4.78 is 47.4. The molecular formula is C22H24F3N5O. The lowest BCUT2D eigenvalue weighted by Crippen LogP contribution is -2.48. The van der Waals surface area contributed by atoms with Crippen molar-refractivity contribution in [3.8, 4) is 11.3 Å². The van der Waals surface area contributed by atoms with E-state index in [1.54, 1.807) is 12.3 Å². The van der Waals surface area contributed by atoms with E-state index in [0.717, 1.165) is 32.5 Å². The monoisotopic (exact) mass is 431 g/mol. The van der Waals surface area contributed by atoms with Crippen LogP contribution >= 0.6 is 0 Å². The van der Waals surface area contributed by atoms with Gasteiger partial charge >= 0.3 is 6.18 Å². The molecule has 164 valence electrons. The maximum atomic E-state index is 13.3. The third-order valence-electron chi connectivity index (χ3n) is 7.09. The van der Waals surface area contributed by atoms with Gasteiger partial charge in [-0.1, -0.05) is 0 Å². The van der Waals surface area contributed by atoms with Crippen LogP contribution in [0.3, 0.4) is 0 Å². The Hall–Kier alpha value is -2.39. The molecule has 0 spiro atoms. The van der Waals surface area contributed by atoms with Crippen molar-refractivity contribution in [1.29, 1.82) is 0 Å². The van der Waals surface area contributed by atoms with Gasteiger partial charge in [-0.25, -0.2) is 4.98 Å². The first-order chi connectivity index (χ1) is 14.8. The summed E-state index contributed by atoms with van der Waals surface area (Å²) in [6.45, 7) is 8.04. The highest BCUT2D eigenvalue weighted by Crippen LogP contribution is 2.59. The number of aromatic amines is 1. The van der Waals surface area contributed by atoms with E-state index in [1.165, 1.54) is 5.69 Å². The lowest BCUT2D eigenvalue weighted by Gasteiger charge is -2.35. The Morgan fingerprint density at radius 3 is 2.52 bits per heavy atom. The first-order valence-corrected chi connectivity index (χ1v) is 10.8. The average Bonchev–Trinajstić information content (AvgIpc) is 3.11. The fourth-order valence-electron chi connectivity index (χ4n) is 5.32. The SMILES string of the molecule is CC(C)n1nc(-c2cnc3[nH]cc(C(F)(F)F)c3c2)cc1[C@@H]1[C@@H]2CN(C3COC3)C[C@@H]21. The molecule has 31 heavy (non-hydrogen) atoms. The molecule has 2 saturated heterocycles. The molecular weight excluding hydrogens is 407 g/mol. The minimum absolute atomic E-state index is 0.0762. The number of rotatable bonds is 4. The molecule has 0 bridgehead atoms. The Bertz CT molecular complexity index is 1130. The predicted molar refractivity (Wildman–Crippen MR) is 109 cm³/mol. The molecule has 1 aliphatic carbocycles. The highest BCUT2D eigenvalue weighted by Gasteiger charge is 2.58. The van der Waals surface area contributed by atoms with Crippen molar-refractivity contribution in [2.75, 3.05) is 26.3 Å². The minimum Gasteiger partial charge on any atom is -0.378 e. The number of hydrogen-bond donors (Lipinski definition) is 1. The number of likely N-dealkylation sites (tertiary alicyclic amines) is 1. The second kappa shape index (κ2) is 6.56. The van der Waals surface area contributed by atoms with E-state index < -0.39 is 11.7 Å². The van der Waals surface area contributed by atoms with Crippen molar-refractivity contribution in [3.05, 3.63) is 35.8 Å². The second-order valence-electron chi connectivity index (χ2n) is 9.31. The van der Waals surface area contributed by atoms with Gasteiger partial charge in [-0.05, 0) is 37.8 Å². The molecule has 3 aliphatic rings. The maximum absolute atomic E-state index is 13.3. The third kappa shape index (κ3) is 3.01. The van der Waals surface area contributed by atoms with Crippen molar-refractivity contribution < 1.29 is 17.9 Å². The number of nitrogens with zero attached hydrogens (tertiary/aromatic N) is 4. The van der Waals surface area contributed by atoms with Crippen LogP contribution < -0.4 is 0 Å². The van der Waals surface area contributed by atoms with Crippen molar-refractivity contribution in [3.63, 3.8) is 0 Å². The number of fused-ring (bicyclic) bond motifs is 2. The Balaban J connectivity index is 1.32. The smallest absolute Gasteiger partial charge is 0.378 e. The molecule has 1 saturated carbocycles. The van der Waals surface area contributed by atoms with Gasteiger partial charge in [0, 0.05) is 54.1 Å². The minimum atomic E-state index is -4.43. The Morgan fingerprint density at radius 1 is 1.16 bits per heavy atom. The standard InChI is InChI=1S/C22H24F3N5O/c1-11(2)30-19(20-15-7-29(8-16(15)20)13-9-31-10-13)4-18(28-30)12-3-14-17(22(23,24)25)6-27-21(14)26-5-12/h3-6,11,13,15-16,20H,7-10H2,1-2H3,(H,26,27)/t15-,16+,20-. The lowest BCUT2D eigenvalue weighted by atomic mass is 10.1. The van der Waals surface area contributed by atoms with Crippen LogP contribution in [0.5, 0.6) is 0 Å². The molecule has 3 aromatic heterocycles. The zero-order chi connectivity index (χ0) is 21.5. The van der Waals surface area contributed by atoms with Gasteiger partial charge in [-0.3, -0.25) is 9.58 Å². The molecule has 9 heteroatoms.